The molecule has 2 aliphatic heterocycles. The maximum Gasteiger partial charge on any atom is 0.303 e. The van der Waals surface area contributed by atoms with Gasteiger partial charge in [-0.1, -0.05) is 41.3 Å². The number of phenols is 1. The molecule has 2 aliphatic carbocycles. The van der Waals surface area contributed by atoms with E-state index in [1.54, 1.807) is 13.0 Å². The normalized spacial score (nSPS) is 29.1. The number of hydrogen-bond acceptors (Lipinski definition) is 6. The van der Waals surface area contributed by atoms with E-state index < -0.39 is 58.6 Å². The molecule has 2 saturated heterocycles. The van der Waals surface area contributed by atoms with Crippen molar-refractivity contribution < 1.29 is 38.6 Å². The van der Waals surface area contributed by atoms with Crippen LogP contribution in [-0.2, 0) is 24.0 Å². The largest absolute Gasteiger partial charge is 0.508 e. The number of anilines is 1. The van der Waals surface area contributed by atoms with Gasteiger partial charge in [-0.2, -0.15) is 0 Å². The first-order valence-corrected chi connectivity index (χ1v) is 15.7. The summed E-state index contributed by atoms with van der Waals surface area (Å²) in [6.45, 7) is 1.84. The number of amides is 4. The molecule has 2 heterocycles. The van der Waals surface area contributed by atoms with Gasteiger partial charge in [-0.15, -0.1) is 0 Å². The van der Waals surface area contributed by atoms with Crippen LogP contribution in [0.2, 0.25) is 10.0 Å². The second-order valence-corrected chi connectivity index (χ2v) is 13.3. The fourth-order valence-corrected chi connectivity index (χ4v) is 8.35. The lowest BCUT2D eigenvalue weighted by molar-refractivity contribution is -0.141. The Balaban J connectivity index is 1.40. The van der Waals surface area contributed by atoms with Gasteiger partial charge in [0.2, 0.25) is 23.6 Å². The van der Waals surface area contributed by atoms with Gasteiger partial charge in [-0.05, 0) is 74.9 Å². The van der Waals surface area contributed by atoms with E-state index in [0.717, 1.165) is 11.0 Å². The molecule has 0 unspecified atom stereocenters. The third-order valence-electron chi connectivity index (χ3n) is 10.1. The van der Waals surface area contributed by atoms with E-state index in [1.807, 2.05) is 6.08 Å². The Labute approximate surface area is 268 Å². The highest BCUT2D eigenvalue weighted by atomic mass is 35.5. The molecule has 6 atom stereocenters. The number of aromatic hydroxyl groups is 1. The Bertz CT molecular complexity index is 1680. The van der Waals surface area contributed by atoms with Crippen LogP contribution in [0.5, 0.6) is 5.75 Å². The summed E-state index contributed by atoms with van der Waals surface area (Å²) in [6.07, 6.45) is 3.68. The second kappa shape index (κ2) is 11.6. The molecule has 2 aromatic carbocycles. The number of unbranched alkanes of at least 4 members (excludes halogenated alkanes) is 2. The van der Waals surface area contributed by atoms with E-state index in [1.165, 1.54) is 29.2 Å². The monoisotopic (exact) mass is 656 g/mol. The molecule has 2 N–H and O–H groups in total. The molecule has 0 aromatic heterocycles. The summed E-state index contributed by atoms with van der Waals surface area (Å²) in [5.74, 6) is -7.25. The SMILES string of the molecule is C[C@@]12C(=O)N(c3ccc(F)c(Cl)c3)C(=O)[C@@H]1C[C@@H]1C(=CC[C@@H]3C(=O)N(CCCCCC(=O)O)C(=O)[C@@H]31)[C@@H]2c1cc(Cl)ccc1O. The van der Waals surface area contributed by atoms with Gasteiger partial charge in [-0.25, -0.2) is 9.29 Å². The molecule has 4 aliphatic rings. The quantitative estimate of drug-likeness (QED) is 0.211. The van der Waals surface area contributed by atoms with Crippen LogP contribution >= 0.6 is 23.2 Å². The molecular weight excluding hydrogens is 626 g/mol. The molecule has 4 amide bonds. The zero-order valence-corrected chi connectivity index (χ0v) is 25.9. The summed E-state index contributed by atoms with van der Waals surface area (Å²) >= 11 is 12.4. The Kier molecular flexibility index (Phi) is 8.02. The number of likely N-dealkylation sites (tertiary alicyclic amines) is 1. The molecule has 9 nitrogen and oxygen atoms in total. The minimum absolute atomic E-state index is 0.00822. The van der Waals surface area contributed by atoms with Crippen LogP contribution in [-0.4, -0.2) is 51.3 Å². The molecule has 6 rings (SSSR count). The van der Waals surface area contributed by atoms with Crippen molar-refractivity contribution in [3.8, 4) is 5.75 Å². The van der Waals surface area contributed by atoms with Crippen molar-refractivity contribution in [1.82, 2.24) is 4.90 Å². The number of halogens is 3. The molecule has 3 fully saturated rings. The van der Waals surface area contributed by atoms with E-state index in [0.29, 0.717) is 35.4 Å². The third-order valence-corrected chi connectivity index (χ3v) is 10.6. The van der Waals surface area contributed by atoms with Gasteiger partial charge in [0.05, 0.1) is 33.9 Å². The van der Waals surface area contributed by atoms with Crippen molar-refractivity contribution in [2.45, 2.75) is 51.4 Å². The van der Waals surface area contributed by atoms with E-state index in [2.05, 4.69) is 0 Å². The molecule has 0 spiro atoms. The van der Waals surface area contributed by atoms with Crippen LogP contribution in [0.25, 0.3) is 0 Å². The Hall–Kier alpha value is -3.76. The maximum atomic E-state index is 14.4. The summed E-state index contributed by atoms with van der Waals surface area (Å²) < 4.78 is 14.0. The Morgan fingerprint density at radius 2 is 1.76 bits per heavy atom. The number of benzene rings is 2. The lowest BCUT2D eigenvalue weighted by Gasteiger charge is -2.49. The summed E-state index contributed by atoms with van der Waals surface area (Å²) in [5.41, 5.74) is -0.281. The predicted octanol–water partition coefficient (Wildman–Crippen LogP) is 5.71. The standard InChI is InChI=1S/C33H31Cl2FN2O7/c1-33-22(30(43)38(32(33)45)17-7-10-24(36)23(35)14-17)15-20-18(28(33)21-13-16(34)6-11-25(21)39)8-9-19-27(20)31(44)37(29(19)42)12-4-2-3-5-26(40)41/h6-8,10-11,13-14,19-20,22,27-28,39H,2-5,9,12,15H2,1H3,(H,40,41)/t19-,20+,22-,27-,28+,33+/m0/s1. The van der Waals surface area contributed by atoms with Crippen molar-refractivity contribution in [3.05, 3.63) is 69.5 Å². The average molecular weight is 658 g/mol. The van der Waals surface area contributed by atoms with Gasteiger partial charge in [0.25, 0.3) is 0 Å². The highest BCUT2D eigenvalue weighted by molar-refractivity contribution is 6.32. The number of nitrogens with zero attached hydrogens (tertiary/aromatic N) is 2. The summed E-state index contributed by atoms with van der Waals surface area (Å²) in [7, 11) is 0. The first-order chi connectivity index (χ1) is 21.4. The van der Waals surface area contributed by atoms with E-state index in [9.17, 15) is 33.5 Å². The molecule has 12 heteroatoms. The number of carbonyl (C=O) groups excluding carboxylic acids is 4. The van der Waals surface area contributed by atoms with Gasteiger partial charge in [-0.3, -0.25) is 28.9 Å². The number of phenolic OH excluding ortho intramolecular Hbond substituents is 1. The van der Waals surface area contributed by atoms with Crippen LogP contribution in [0.3, 0.4) is 0 Å². The molecule has 45 heavy (non-hydrogen) atoms. The number of aliphatic carboxylic acids is 1. The molecule has 236 valence electrons. The van der Waals surface area contributed by atoms with Gasteiger partial charge in [0, 0.05) is 29.5 Å². The first kappa shape index (κ1) is 31.2. The second-order valence-electron chi connectivity index (χ2n) is 12.5. The number of carboxylic acids is 1. The van der Waals surface area contributed by atoms with Crippen molar-refractivity contribution in [1.29, 1.82) is 0 Å². The minimum Gasteiger partial charge on any atom is -0.508 e. The van der Waals surface area contributed by atoms with Crippen molar-refractivity contribution in [3.63, 3.8) is 0 Å². The smallest absolute Gasteiger partial charge is 0.303 e. The number of hydrogen-bond donors (Lipinski definition) is 2. The van der Waals surface area contributed by atoms with Gasteiger partial charge in [0.15, 0.2) is 0 Å². The fraction of sp³-hybridized carbons (Fsp3) is 0.424. The van der Waals surface area contributed by atoms with E-state index in [4.69, 9.17) is 28.3 Å². The van der Waals surface area contributed by atoms with Gasteiger partial charge < -0.3 is 10.2 Å². The van der Waals surface area contributed by atoms with Crippen molar-refractivity contribution in [2.75, 3.05) is 11.4 Å². The number of fused-ring (bicyclic) bond motifs is 4. The minimum atomic E-state index is -1.41. The van der Waals surface area contributed by atoms with E-state index >= 15 is 0 Å². The summed E-state index contributed by atoms with van der Waals surface area (Å²) in [4.78, 5) is 69.1. The van der Waals surface area contributed by atoms with Gasteiger partial charge in [0.1, 0.15) is 11.6 Å². The predicted molar refractivity (Wildman–Crippen MR) is 162 cm³/mol. The van der Waals surface area contributed by atoms with Crippen LogP contribution in [0.4, 0.5) is 10.1 Å². The number of carboxylic acid groups (broad SMARTS) is 1. The number of carbonyl (C=O) groups is 5. The highest BCUT2D eigenvalue weighted by Crippen LogP contribution is 2.64. The van der Waals surface area contributed by atoms with Crippen LogP contribution in [0.15, 0.2) is 48.0 Å². The van der Waals surface area contributed by atoms with Gasteiger partial charge >= 0.3 is 5.97 Å². The maximum absolute atomic E-state index is 14.4. The molecule has 1 saturated carbocycles. The van der Waals surface area contributed by atoms with Crippen LogP contribution in [0.1, 0.15) is 56.9 Å². The number of imide groups is 2. The first-order valence-electron chi connectivity index (χ1n) is 14.9. The molecule has 2 aromatic rings. The number of rotatable bonds is 8. The molecule has 0 bridgehead atoms. The van der Waals surface area contributed by atoms with Crippen LogP contribution < -0.4 is 4.90 Å². The Morgan fingerprint density at radius 1 is 1.00 bits per heavy atom. The highest BCUT2D eigenvalue weighted by Gasteiger charge is 2.67. The zero-order chi connectivity index (χ0) is 32.4. The lowest BCUT2D eigenvalue weighted by atomic mass is 9.51. The summed E-state index contributed by atoms with van der Waals surface area (Å²) in [6, 6.07) is 8.08. The Morgan fingerprint density at radius 3 is 2.47 bits per heavy atom. The number of allylic oxidation sites excluding steroid dienone is 2. The molecular formula is C33H31Cl2FN2O7. The van der Waals surface area contributed by atoms with E-state index in [-0.39, 0.29) is 54.1 Å². The molecule has 0 radical (unpaired) electrons. The lowest BCUT2D eigenvalue weighted by Crippen LogP contribution is -2.48. The van der Waals surface area contributed by atoms with Crippen molar-refractivity contribution in [2.24, 2.45) is 29.1 Å². The average Bonchev–Trinajstić information content (AvgIpc) is 3.35. The zero-order valence-electron chi connectivity index (χ0n) is 24.3. The summed E-state index contributed by atoms with van der Waals surface area (Å²) in [5, 5.41) is 20.0. The van der Waals surface area contributed by atoms with Crippen molar-refractivity contribution >= 4 is 58.5 Å². The third kappa shape index (κ3) is 4.93. The van der Waals surface area contributed by atoms with Crippen LogP contribution in [0, 0.1) is 34.9 Å². The topological polar surface area (TPSA) is 132 Å². The fourth-order valence-electron chi connectivity index (χ4n) is 7.99.